The molecule has 34 heavy (non-hydrogen) atoms. The fraction of sp³-hybridized carbons (Fsp3) is 0.154. The summed E-state index contributed by atoms with van der Waals surface area (Å²) in [5.74, 6) is 0.398. The van der Waals surface area contributed by atoms with Crippen LogP contribution in [0.1, 0.15) is 33.4 Å². The number of aromatic nitrogens is 2. The van der Waals surface area contributed by atoms with Gasteiger partial charge in [0.05, 0.1) is 26.1 Å². The molecule has 4 rings (SSSR count). The Labute approximate surface area is 197 Å². The zero-order valence-electron chi connectivity index (χ0n) is 18.6. The van der Waals surface area contributed by atoms with Crippen LogP contribution in [0.3, 0.4) is 0 Å². The second kappa shape index (κ2) is 10.9. The smallest absolute Gasteiger partial charge is 0.275 e. The molecule has 1 N–H and O–H groups in total. The van der Waals surface area contributed by atoms with Gasteiger partial charge < -0.3 is 19.4 Å². The number of carbonyl (C=O) groups excluding carboxylic acids is 2. The van der Waals surface area contributed by atoms with E-state index in [4.69, 9.17) is 9.15 Å². The molecule has 0 fully saturated rings. The highest BCUT2D eigenvalue weighted by Crippen LogP contribution is 2.27. The van der Waals surface area contributed by atoms with Crippen LogP contribution < -0.4 is 10.1 Å². The largest absolute Gasteiger partial charge is 0.497 e. The molecule has 2 aromatic heterocycles. The molecule has 0 unspecified atom stereocenters. The minimum atomic E-state index is -0.950. The predicted molar refractivity (Wildman–Crippen MR) is 125 cm³/mol. The first kappa shape index (κ1) is 22.7. The van der Waals surface area contributed by atoms with Crippen molar-refractivity contribution in [3.8, 4) is 5.75 Å². The summed E-state index contributed by atoms with van der Waals surface area (Å²) in [6.45, 7) is 0.387. The van der Waals surface area contributed by atoms with Crippen LogP contribution in [-0.2, 0) is 17.9 Å². The molecular weight excluding hydrogens is 432 g/mol. The number of carbonyl (C=O) groups is 2. The van der Waals surface area contributed by atoms with Gasteiger partial charge in [-0.15, -0.1) is 0 Å². The number of nitrogens with one attached hydrogen (secondary N) is 1. The number of hydrogen-bond acceptors (Lipinski definition) is 6. The van der Waals surface area contributed by atoms with Crippen LogP contribution in [0.5, 0.6) is 5.75 Å². The summed E-state index contributed by atoms with van der Waals surface area (Å²) in [7, 11) is 1.57. The number of amides is 2. The lowest BCUT2D eigenvalue weighted by Gasteiger charge is -2.30. The summed E-state index contributed by atoms with van der Waals surface area (Å²) in [6.07, 6.45) is 5.83. The van der Waals surface area contributed by atoms with Crippen LogP contribution >= 0.6 is 0 Å². The van der Waals surface area contributed by atoms with E-state index in [2.05, 4.69) is 15.3 Å². The van der Waals surface area contributed by atoms with E-state index in [-0.39, 0.29) is 18.1 Å². The Kier molecular flexibility index (Phi) is 7.29. The van der Waals surface area contributed by atoms with Gasteiger partial charge in [-0.05, 0) is 35.4 Å². The molecule has 0 radical (unpaired) electrons. The van der Waals surface area contributed by atoms with Crippen LogP contribution in [0.2, 0.25) is 0 Å². The second-order valence-electron chi connectivity index (χ2n) is 7.48. The molecule has 2 amide bonds. The first-order valence-electron chi connectivity index (χ1n) is 10.7. The minimum Gasteiger partial charge on any atom is -0.497 e. The molecule has 8 nitrogen and oxygen atoms in total. The third-order valence-electron chi connectivity index (χ3n) is 5.25. The van der Waals surface area contributed by atoms with Crippen LogP contribution in [-0.4, -0.2) is 33.8 Å². The summed E-state index contributed by atoms with van der Waals surface area (Å²) in [5, 5.41) is 2.96. The zero-order chi connectivity index (χ0) is 23.8. The molecule has 8 heteroatoms. The minimum absolute atomic E-state index is 0.0673. The molecule has 1 atom stereocenters. The first-order chi connectivity index (χ1) is 16.7. The third kappa shape index (κ3) is 5.47. The Balaban J connectivity index is 1.71. The lowest BCUT2D eigenvalue weighted by molar-refractivity contribution is -0.126. The van der Waals surface area contributed by atoms with Crippen molar-refractivity contribution in [1.82, 2.24) is 20.2 Å². The maximum absolute atomic E-state index is 13.6. The molecule has 0 bridgehead atoms. The van der Waals surface area contributed by atoms with Gasteiger partial charge in [-0.25, -0.2) is 4.98 Å². The van der Waals surface area contributed by atoms with Crippen LogP contribution in [0.15, 0.2) is 96.0 Å². The molecule has 0 aliphatic carbocycles. The fourth-order valence-corrected chi connectivity index (χ4v) is 3.55. The summed E-state index contributed by atoms with van der Waals surface area (Å²) < 4.78 is 10.8. The van der Waals surface area contributed by atoms with Crippen molar-refractivity contribution < 1.29 is 18.7 Å². The van der Waals surface area contributed by atoms with Gasteiger partial charge >= 0.3 is 0 Å². The van der Waals surface area contributed by atoms with Crippen LogP contribution in [0, 0.1) is 0 Å². The summed E-state index contributed by atoms with van der Waals surface area (Å²) in [4.78, 5) is 36.7. The van der Waals surface area contributed by atoms with E-state index in [1.165, 1.54) is 29.8 Å². The van der Waals surface area contributed by atoms with Gasteiger partial charge in [0, 0.05) is 18.9 Å². The molecular formula is C26H24N4O4. The number of furan rings is 1. The summed E-state index contributed by atoms with van der Waals surface area (Å²) in [6, 6.07) is 19.2. The van der Waals surface area contributed by atoms with Crippen molar-refractivity contribution in [2.45, 2.75) is 19.1 Å². The highest BCUT2D eigenvalue weighted by molar-refractivity contribution is 5.96. The molecule has 2 aromatic carbocycles. The van der Waals surface area contributed by atoms with E-state index in [1.807, 2.05) is 30.3 Å². The van der Waals surface area contributed by atoms with Crippen LogP contribution in [0.25, 0.3) is 0 Å². The van der Waals surface area contributed by atoms with Gasteiger partial charge in [-0.1, -0.05) is 42.5 Å². The Morgan fingerprint density at radius 1 is 1.03 bits per heavy atom. The molecule has 0 saturated carbocycles. The van der Waals surface area contributed by atoms with Gasteiger partial charge in [0.2, 0.25) is 5.91 Å². The highest BCUT2D eigenvalue weighted by atomic mass is 16.5. The van der Waals surface area contributed by atoms with Crippen molar-refractivity contribution >= 4 is 11.8 Å². The van der Waals surface area contributed by atoms with Gasteiger partial charge in [-0.3, -0.25) is 14.6 Å². The molecule has 172 valence electrons. The van der Waals surface area contributed by atoms with Crippen molar-refractivity contribution in [3.05, 3.63) is 114 Å². The maximum Gasteiger partial charge on any atom is 0.275 e. The van der Waals surface area contributed by atoms with Crippen molar-refractivity contribution in [3.63, 3.8) is 0 Å². The van der Waals surface area contributed by atoms with Crippen molar-refractivity contribution in [2.24, 2.45) is 0 Å². The highest BCUT2D eigenvalue weighted by Gasteiger charge is 2.33. The quantitative estimate of drug-likeness (QED) is 0.412. The first-order valence-corrected chi connectivity index (χ1v) is 10.7. The summed E-state index contributed by atoms with van der Waals surface area (Å²) in [5.41, 5.74) is 1.70. The topological polar surface area (TPSA) is 97.6 Å². The van der Waals surface area contributed by atoms with Gasteiger partial charge in [0.1, 0.15) is 23.2 Å². The maximum atomic E-state index is 13.6. The van der Waals surface area contributed by atoms with E-state index in [0.717, 1.165) is 5.56 Å². The molecule has 2 heterocycles. The second-order valence-corrected chi connectivity index (χ2v) is 7.48. The number of hydrogen-bond donors (Lipinski definition) is 1. The molecule has 4 aromatic rings. The van der Waals surface area contributed by atoms with E-state index in [9.17, 15) is 9.59 Å². The zero-order valence-corrected chi connectivity index (χ0v) is 18.6. The molecule has 0 aliphatic heterocycles. The number of nitrogens with zero attached hydrogens (tertiary/aromatic N) is 3. The van der Waals surface area contributed by atoms with Gasteiger partial charge in [0.15, 0.2) is 0 Å². The fourth-order valence-electron chi connectivity index (χ4n) is 3.55. The lowest BCUT2D eigenvalue weighted by atomic mass is 10.0. The third-order valence-corrected chi connectivity index (χ3v) is 5.25. The summed E-state index contributed by atoms with van der Waals surface area (Å²) >= 11 is 0. The Bertz CT molecular complexity index is 1200. The lowest BCUT2D eigenvalue weighted by Crippen LogP contribution is -2.43. The van der Waals surface area contributed by atoms with Gasteiger partial charge in [-0.2, -0.15) is 0 Å². The van der Waals surface area contributed by atoms with Gasteiger partial charge in [0.25, 0.3) is 5.91 Å². The standard InChI is InChI=1S/C26H24N4O4/c1-33-21-11-9-20(10-12-21)24(25(31)29-16-19-6-3-2-4-7-19)30(18-22-8-5-15-34-22)26(32)23-17-27-13-14-28-23/h2-15,17,24H,16,18H2,1H3,(H,29,31)/t24-/m1/s1. The SMILES string of the molecule is COc1ccc([C@H](C(=O)NCc2ccccc2)N(Cc2ccco2)C(=O)c2cnccn2)cc1. The normalized spacial score (nSPS) is 11.4. The Hall–Kier alpha value is -4.46. The van der Waals surface area contributed by atoms with Crippen molar-refractivity contribution in [1.29, 1.82) is 0 Å². The van der Waals surface area contributed by atoms with E-state index < -0.39 is 11.9 Å². The molecule has 0 aliphatic rings. The number of methoxy groups -OCH3 is 1. The Morgan fingerprint density at radius 2 is 1.82 bits per heavy atom. The Morgan fingerprint density at radius 3 is 2.47 bits per heavy atom. The number of benzene rings is 2. The monoisotopic (exact) mass is 456 g/mol. The van der Waals surface area contributed by atoms with Crippen LogP contribution in [0.4, 0.5) is 0 Å². The molecule has 0 saturated heterocycles. The van der Waals surface area contributed by atoms with E-state index in [1.54, 1.807) is 43.5 Å². The van der Waals surface area contributed by atoms with E-state index in [0.29, 0.717) is 23.6 Å². The average molecular weight is 457 g/mol. The predicted octanol–water partition coefficient (Wildman–Crippen LogP) is 3.78. The number of ether oxygens (including phenoxy) is 1. The van der Waals surface area contributed by atoms with E-state index >= 15 is 0 Å². The number of rotatable bonds is 9. The average Bonchev–Trinajstić information content (AvgIpc) is 3.41. The molecule has 0 spiro atoms. The van der Waals surface area contributed by atoms with Crippen molar-refractivity contribution in [2.75, 3.05) is 7.11 Å².